The van der Waals surface area contributed by atoms with Crippen molar-refractivity contribution >= 4 is 19.8 Å². The van der Waals surface area contributed by atoms with Gasteiger partial charge < -0.3 is 19.3 Å². The normalized spacial score (nSPS) is 13.0. The van der Waals surface area contributed by atoms with Crippen LogP contribution < -0.4 is 0 Å². The third-order valence-corrected chi connectivity index (χ3v) is 8.31. The summed E-state index contributed by atoms with van der Waals surface area (Å²) < 4.78 is 26.3. The lowest BCUT2D eigenvalue weighted by molar-refractivity contribution is -0.161. The molecule has 0 radical (unpaired) electrons. The zero-order valence-electron chi connectivity index (χ0n) is 30.4. The number of phosphoric acid groups is 1. The summed E-state index contributed by atoms with van der Waals surface area (Å²) in [4.78, 5) is 42.7. The lowest BCUT2D eigenvalue weighted by atomic mass is 10.1. The predicted molar refractivity (Wildman–Crippen MR) is 198 cm³/mol. The molecule has 0 rings (SSSR count). The third-order valence-electron chi connectivity index (χ3n) is 7.82. The summed E-state index contributed by atoms with van der Waals surface area (Å²) in [6.45, 7) is 3.59. The summed E-state index contributed by atoms with van der Waals surface area (Å²) in [7, 11) is -4.76. The van der Waals surface area contributed by atoms with Gasteiger partial charge in [0.2, 0.25) is 0 Å². The fourth-order valence-electron chi connectivity index (χ4n) is 4.96. The summed E-state index contributed by atoms with van der Waals surface area (Å²) in [5.41, 5.74) is 0. The number of ether oxygens (including phenoxy) is 2. The van der Waals surface area contributed by atoms with Crippen molar-refractivity contribution in [3.63, 3.8) is 0 Å². The van der Waals surface area contributed by atoms with Crippen LogP contribution in [-0.4, -0.2) is 41.0 Å². The van der Waals surface area contributed by atoms with Gasteiger partial charge in [0.1, 0.15) is 6.61 Å². The Hall–Kier alpha value is -1.99. The Morgan fingerprint density at radius 1 is 0.542 bits per heavy atom. The average Bonchev–Trinajstić information content (AvgIpc) is 3.05. The maximum atomic E-state index is 12.4. The maximum Gasteiger partial charge on any atom is 0.469 e. The van der Waals surface area contributed by atoms with E-state index in [1.807, 2.05) is 0 Å². The molecule has 0 aliphatic carbocycles. The number of rotatable bonds is 34. The molecule has 48 heavy (non-hydrogen) atoms. The van der Waals surface area contributed by atoms with Crippen LogP contribution in [0.5, 0.6) is 0 Å². The third kappa shape index (κ3) is 36.8. The highest BCUT2D eigenvalue weighted by Gasteiger charge is 2.22. The van der Waals surface area contributed by atoms with E-state index >= 15 is 0 Å². The molecule has 0 unspecified atom stereocenters. The Bertz CT molecular complexity index is 921. The summed E-state index contributed by atoms with van der Waals surface area (Å²) >= 11 is 0. The molecule has 1 atom stereocenters. The predicted octanol–water partition coefficient (Wildman–Crippen LogP) is 11.2. The number of unbranched alkanes of at least 4 members (excludes halogenated alkanes) is 16. The first-order chi connectivity index (χ1) is 23.3. The minimum atomic E-state index is -4.76. The van der Waals surface area contributed by atoms with E-state index in [4.69, 9.17) is 19.3 Å². The van der Waals surface area contributed by atoms with Gasteiger partial charge in [-0.05, 0) is 77.0 Å². The van der Waals surface area contributed by atoms with Gasteiger partial charge in [-0.25, -0.2) is 4.57 Å². The van der Waals surface area contributed by atoms with Gasteiger partial charge in [0.15, 0.2) is 6.10 Å². The minimum Gasteiger partial charge on any atom is -0.462 e. The van der Waals surface area contributed by atoms with Gasteiger partial charge in [-0.1, -0.05) is 127 Å². The topological polar surface area (TPSA) is 119 Å². The van der Waals surface area contributed by atoms with Crippen LogP contribution in [0.25, 0.3) is 0 Å². The maximum absolute atomic E-state index is 12.4. The zero-order valence-corrected chi connectivity index (χ0v) is 31.3. The Labute approximate surface area is 293 Å². The van der Waals surface area contributed by atoms with Crippen molar-refractivity contribution < 1.29 is 37.9 Å². The number of carbonyl (C=O) groups excluding carboxylic acids is 2. The lowest BCUT2D eigenvalue weighted by Gasteiger charge is -2.18. The number of esters is 2. The Morgan fingerprint density at radius 3 is 1.38 bits per heavy atom. The van der Waals surface area contributed by atoms with Crippen LogP contribution in [0.15, 0.2) is 48.6 Å². The second kappa shape index (κ2) is 34.9. The molecule has 0 aromatic rings. The largest absolute Gasteiger partial charge is 0.469 e. The second-order valence-corrected chi connectivity index (χ2v) is 13.8. The van der Waals surface area contributed by atoms with E-state index in [1.54, 1.807) is 0 Å². The van der Waals surface area contributed by atoms with Gasteiger partial charge >= 0.3 is 19.8 Å². The van der Waals surface area contributed by atoms with Crippen LogP contribution in [-0.2, 0) is 28.2 Å². The van der Waals surface area contributed by atoms with Crippen LogP contribution in [0.2, 0.25) is 0 Å². The van der Waals surface area contributed by atoms with Crippen molar-refractivity contribution in [2.24, 2.45) is 0 Å². The van der Waals surface area contributed by atoms with Gasteiger partial charge in [-0.15, -0.1) is 0 Å². The summed E-state index contributed by atoms with van der Waals surface area (Å²) in [6.07, 6.45) is 41.1. The van der Waals surface area contributed by atoms with E-state index in [1.165, 1.54) is 51.4 Å². The molecule has 0 saturated heterocycles. The quantitative estimate of drug-likeness (QED) is 0.0295. The molecular formula is C39H69O8P. The molecule has 0 aliphatic rings. The number of allylic oxidation sites excluding steroid dienone is 8. The van der Waals surface area contributed by atoms with Crippen LogP contribution in [0.4, 0.5) is 0 Å². The Morgan fingerprint density at radius 2 is 0.938 bits per heavy atom. The Balaban J connectivity index is 4.03. The van der Waals surface area contributed by atoms with E-state index in [-0.39, 0.29) is 19.4 Å². The highest BCUT2D eigenvalue weighted by molar-refractivity contribution is 7.46. The van der Waals surface area contributed by atoms with Crippen LogP contribution >= 0.6 is 7.82 Å². The number of hydrogen-bond donors (Lipinski definition) is 2. The minimum absolute atomic E-state index is 0.191. The molecule has 2 N–H and O–H groups in total. The molecule has 0 spiro atoms. The van der Waals surface area contributed by atoms with Gasteiger partial charge in [-0.2, -0.15) is 0 Å². The van der Waals surface area contributed by atoms with Crippen LogP contribution in [0, 0.1) is 0 Å². The molecule has 278 valence electrons. The van der Waals surface area contributed by atoms with Crippen molar-refractivity contribution in [3.8, 4) is 0 Å². The first kappa shape index (κ1) is 46.0. The molecule has 0 saturated carbocycles. The van der Waals surface area contributed by atoms with Crippen LogP contribution in [0.3, 0.4) is 0 Å². The van der Waals surface area contributed by atoms with E-state index in [0.29, 0.717) is 12.8 Å². The van der Waals surface area contributed by atoms with Gasteiger partial charge in [-0.3, -0.25) is 14.1 Å². The van der Waals surface area contributed by atoms with Gasteiger partial charge in [0, 0.05) is 12.8 Å². The SMILES string of the molecule is CCCCC/C=C\C/C=C\CCCCCCCC(=O)O[C@H](COC(=O)CCCCCCC/C=C/C/C=C/CCCCC)COP(=O)(O)O. The summed E-state index contributed by atoms with van der Waals surface area (Å²) in [6, 6.07) is 0. The molecule has 0 aromatic carbocycles. The lowest BCUT2D eigenvalue weighted by Crippen LogP contribution is -2.29. The molecule has 0 bridgehead atoms. The van der Waals surface area contributed by atoms with E-state index in [0.717, 1.165) is 77.0 Å². The molecule has 0 fully saturated rings. The number of carbonyl (C=O) groups is 2. The second-order valence-electron chi connectivity index (χ2n) is 12.5. The van der Waals surface area contributed by atoms with Crippen molar-refractivity contribution in [3.05, 3.63) is 48.6 Å². The molecular weight excluding hydrogens is 627 g/mol. The molecule has 8 nitrogen and oxygen atoms in total. The highest BCUT2D eigenvalue weighted by Crippen LogP contribution is 2.36. The number of phosphoric ester groups is 1. The fourth-order valence-corrected chi connectivity index (χ4v) is 5.32. The summed E-state index contributed by atoms with van der Waals surface area (Å²) in [5, 5.41) is 0. The highest BCUT2D eigenvalue weighted by atomic mass is 31.2. The smallest absolute Gasteiger partial charge is 0.462 e. The molecule has 0 amide bonds. The zero-order chi connectivity index (χ0) is 35.4. The van der Waals surface area contributed by atoms with E-state index in [2.05, 4.69) is 67.0 Å². The molecule has 0 aliphatic heterocycles. The summed E-state index contributed by atoms with van der Waals surface area (Å²) in [5.74, 6) is -0.920. The molecule has 0 heterocycles. The molecule has 0 aromatic heterocycles. The van der Waals surface area contributed by atoms with E-state index < -0.39 is 32.5 Å². The number of hydrogen-bond acceptors (Lipinski definition) is 6. The first-order valence-electron chi connectivity index (χ1n) is 18.9. The fraction of sp³-hybridized carbons (Fsp3) is 0.744. The van der Waals surface area contributed by atoms with Crippen molar-refractivity contribution in [2.45, 2.75) is 174 Å². The van der Waals surface area contributed by atoms with Crippen LogP contribution in [0.1, 0.15) is 168 Å². The van der Waals surface area contributed by atoms with E-state index in [9.17, 15) is 14.2 Å². The first-order valence-corrected chi connectivity index (χ1v) is 20.5. The standard InChI is InChI=1S/C39H69O8P/c1-3-5-7-9-11-13-15-17-19-21-23-25-27-29-31-33-38(40)45-35-37(36-46-48(42,43)44)47-39(41)34-32-30-28-26-24-22-20-18-16-14-12-10-8-6-4-2/h11-14,17-20,37H,3-10,15-16,21-36H2,1-2H3,(H2,42,43,44)/b13-11+,14-12-,19-17+,20-18-/t37-/m1/s1. The van der Waals surface area contributed by atoms with Gasteiger partial charge in [0.05, 0.1) is 6.61 Å². The van der Waals surface area contributed by atoms with Crippen molar-refractivity contribution in [1.29, 1.82) is 0 Å². The van der Waals surface area contributed by atoms with Gasteiger partial charge in [0.25, 0.3) is 0 Å². The Kier molecular flexibility index (Phi) is 33.4. The van der Waals surface area contributed by atoms with Crippen molar-refractivity contribution in [2.75, 3.05) is 13.2 Å². The molecule has 9 heteroatoms. The van der Waals surface area contributed by atoms with Crippen molar-refractivity contribution in [1.82, 2.24) is 0 Å². The monoisotopic (exact) mass is 696 g/mol. The average molecular weight is 697 g/mol.